The number of nitrogens with two attached hydrogens (primary N) is 1. The molecular weight excluding hydrogens is 292 g/mol. The van der Waals surface area contributed by atoms with Gasteiger partial charge in [-0.15, -0.1) is 12.4 Å². The lowest BCUT2D eigenvalue weighted by Gasteiger charge is -2.10. The summed E-state index contributed by atoms with van der Waals surface area (Å²) in [5, 5.41) is 12.3. The van der Waals surface area contributed by atoms with Crippen molar-refractivity contribution in [2.75, 3.05) is 13.2 Å². The molecule has 2 rings (SSSR count). The third-order valence-corrected chi connectivity index (χ3v) is 3.60. The number of benzene rings is 1. The van der Waals surface area contributed by atoms with Gasteiger partial charge in [0.25, 0.3) is 0 Å². The molecule has 21 heavy (non-hydrogen) atoms. The Kier molecular flexibility index (Phi) is 7.67. The highest BCUT2D eigenvalue weighted by molar-refractivity contribution is 5.85. The minimum Gasteiger partial charge on any atom is -0.391 e. The van der Waals surface area contributed by atoms with E-state index in [9.17, 15) is 9.90 Å². The van der Waals surface area contributed by atoms with Crippen molar-refractivity contribution in [1.29, 1.82) is 0 Å². The Morgan fingerprint density at radius 1 is 1.33 bits per heavy atom. The van der Waals surface area contributed by atoms with Gasteiger partial charge in [0.2, 0.25) is 5.91 Å². The Morgan fingerprint density at radius 2 is 2.05 bits per heavy atom. The van der Waals surface area contributed by atoms with Gasteiger partial charge in [0.1, 0.15) is 0 Å². The molecule has 0 unspecified atom stereocenters. The third-order valence-electron chi connectivity index (χ3n) is 3.60. The van der Waals surface area contributed by atoms with Crippen LogP contribution < -0.4 is 11.1 Å². The Bertz CT molecular complexity index is 420. The lowest BCUT2D eigenvalue weighted by atomic mass is 10.1. The Balaban J connectivity index is 0.00000220. The van der Waals surface area contributed by atoms with Crippen LogP contribution in [0.1, 0.15) is 18.4 Å². The maximum Gasteiger partial charge on any atom is 0.223 e. The maximum atomic E-state index is 11.8. The zero-order chi connectivity index (χ0) is 14.4. The molecule has 1 saturated carbocycles. The van der Waals surface area contributed by atoms with Crippen molar-refractivity contribution in [3.63, 3.8) is 0 Å². The van der Waals surface area contributed by atoms with E-state index >= 15 is 0 Å². The van der Waals surface area contributed by atoms with Gasteiger partial charge in [-0.1, -0.05) is 30.3 Å². The average molecular weight is 315 g/mol. The Morgan fingerprint density at radius 3 is 2.67 bits per heavy atom. The number of amides is 1. The fourth-order valence-electron chi connectivity index (χ4n) is 2.42. The number of hydrogen-bond acceptors (Lipinski definition) is 4. The van der Waals surface area contributed by atoms with Gasteiger partial charge in [-0.2, -0.15) is 0 Å². The standard InChI is InChI=1S/C15H22N2O3.ClH/c16-13-8-12(9-14(13)18)15(19)17-6-7-20-10-11-4-2-1-3-5-11;/h1-5,12-14,18H,6-10,16H2,(H,17,19);1H/t12-,13-,14-;/m0./s1. The van der Waals surface area contributed by atoms with Crippen molar-refractivity contribution in [2.24, 2.45) is 11.7 Å². The van der Waals surface area contributed by atoms with E-state index in [0.717, 1.165) is 5.56 Å². The fourth-order valence-corrected chi connectivity index (χ4v) is 2.42. The van der Waals surface area contributed by atoms with E-state index in [1.165, 1.54) is 0 Å². The highest BCUT2D eigenvalue weighted by Gasteiger charge is 2.34. The van der Waals surface area contributed by atoms with E-state index in [-0.39, 0.29) is 30.3 Å². The van der Waals surface area contributed by atoms with Crippen LogP contribution in [-0.4, -0.2) is 36.3 Å². The second-order valence-electron chi connectivity index (χ2n) is 5.23. The smallest absolute Gasteiger partial charge is 0.223 e. The first kappa shape index (κ1) is 17.9. The molecule has 6 heteroatoms. The molecule has 0 saturated heterocycles. The minimum atomic E-state index is -0.555. The molecule has 1 fully saturated rings. The number of halogens is 1. The predicted molar refractivity (Wildman–Crippen MR) is 83.1 cm³/mol. The van der Waals surface area contributed by atoms with Gasteiger partial charge in [0.15, 0.2) is 0 Å². The summed E-state index contributed by atoms with van der Waals surface area (Å²) < 4.78 is 5.49. The van der Waals surface area contributed by atoms with Gasteiger partial charge in [-0.05, 0) is 18.4 Å². The van der Waals surface area contributed by atoms with E-state index in [4.69, 9.17) is 10.5 Å². The first-order chi connectivity index (χ1) is 9.66. The molecule has 0 spiro atoms. The topological polar surface area (TPSA) is 84.6 Å². The van der Waals surface area contributed by atoms with Crippen LogP contribution in [0, 0.1) is 5.92 Å². The van der Waals surface area contributed by atoms with Gasteiger partial charge in [0.05, 0.1) is 19.3 Å². The predicted octanol–water partition coefficient (Wildman–Crippen LogP) is 0.839. The summed E-state index contributed by atoms with van der Waals surface area (Å²) in [6.07, 6.45) is 0.454. The van der Waals surface area contributed by atoms with Gasteiger partial charge in [0, 0.05) is 18.5 Å². The van der Waals surface area contributed by atoms with Gasteiger partial charge in [-0.3, -0.25) is 4.79 Å². The van der Waals surface area contributed by atoms with E-state index in [2.05, 4.69) is 5.32 Å². The van der Waals surface area contributed by atoms with E-state index in [0.29, 0.717) is 32.6 Å². The van der Waals surface area contributed by atoms with Crippen LogP contribution in [0.25, 0.3) is 0 Å². The number of carbonyl (C=O) groups is 1. The van der Waals surface area contributed by atoms with Crippen molar-refractivity contribution < 1.29 is 14.6 Å². The van der Waals surface area contributed by atoms with E-state index in [1.54, 1.807) is 0 Å². The summed E-state index contributed by atoms with van der Waals surface area (Å²) >= 11 is 0. The number of hydrogen-bond donors (Lipinski definition) is 3. The summed E-state index contributed by atoms with van der Waals surface area (Å²) in [6, 6.07) is 9.62. The first-order valence-electron chi connectivity index (χ1n) is 7.00. The molecule has 1 amide bonds. The highest BCUT2D eigenvalue weighted by Crippen LogP contribution is 2.24. The van der Waals surface area contributed by atoms with Crippen LogP contribution in [-0.2, 0) is 16.1 Å². The van der Waals surface area contributed by atoms with Gasteiger partial charge < -0.3 is 20.9 Å². The number of nitrogens with one attached hydrogen (secondary N) is 1. The summed E-state index contributed by atoms with van der Waals surface area (Å²) in [5.41, 5.74) is 6.81. The van der Waals surface area contributed by atoms with Crippen molar-refractivity contribution in [3.05, 3.63) is 35.9 Å². The molecule has 1 aromatic carbocycles. The highest BCUT2D eigenvalue weighted by atomic mass is 35.5. The van der Waals surface area contributed by atoms with Crippen molar-refractivity contribution in [2.45, 2.75) is 31.6 Å². The van der Waals surface area contributed by atoms with Crippen LogP contribution in [0.15, 0.2) is 30.3 Å². The second-order valence-corrected chi connectivity index (χ2v) is 5.23. The number of ether oxygens (including phenoxy) is 1. The average Bonchev–Trinajstić information content (AvgIpc) is 2.79. The van der Waals surface area contributed by atoms with Gasteiger partial charge in [-0.25, -0.2) is 0 Å². The zero-order valence-corrected chi connectivity index (χ0v) is 12.7. The third kappa shape index (κ3) is 5.63. The van der Waals surface area contributed by atoms with Crippen LogP contribution in [0.3, 0.4) is 0 Å². The lowest BCUT2D eigenvalue weighted by molar-refractivity contribution is -0.125. The number of carbonyl (C=O) groups excluding carboxylic acids is 1. The van der Waals surface area contributed by atoms with Gasteiger partial charge >= 0.3 is 0 Å². The molecule has 0 heterocycles. The van der Waals surface area contributed by atoms with E-state index < -0.39 is 6.10 Å². The molecular formula is C15H23ClN2O3. The summed E-state index contributed by atoms with van der Waals surface area (Å²) in [4.78, 5) is 11.8. The molecule has 0 radical (unpaired) electrons. The summed E-state index contributed by atoms with van der Waals surface area (Å²) in [7, 11) is 0. The molecule has 0 bridgehead atoms. The van der Waals surface area contributed by atoms with Crippen LogP contribution in [0.2, 0.25) is 0 Å². The Labute approximate surface area is 131 Å². The zero-order valence-electron chi connectivity index (χ0n) is 11.9. The SMILES string of the molecule is Cl.N[C@H]1C[C@H](C(=O)NCCOCc2ccccc2)C[C@@H]1O. The molecule has 1 aliphatic carbocycles. The van der Waals surface area contributed by atoms with Crippen LogP contribution in [0.5, 0.6) is 0 Å². The first-order valence-corrected chi connectivity index (χ1v) is 7.00. The van der Waals surface area contributed by atoms with Crippen molar-refractivity contribution in [3.8, 4) is 0 Å². The second kappa shape index (κ2) is 9.00. The molecule has 0 aliphatic heterocycles. The summed E-state index contributed by atoms with van der Waals surface area (Å²) in [5.74, 6) is -0.213. The quantitative estimate of drug-likeness (QED) is 0.679. The van der Waals surface area contributed by atoms with Crippen molar-refractivity contribution in [1.82, 2.24) is 5.32 Å². The van der Waals surface area contributed by atoms with Crippen LogP contribution >= 0.6 is 12.4 Å². The Hall–Kier alpha value is -1.14. The largest absolute Gasteiger partial charge is 0.391 e. The lowest BCUT2D eigenvalue weighted by Crippen LogP contribution is -2.32. The molecule has 4 N–H and O–H groups in total. The molecule has 3 atom stereocenters. The van der Waals surface area contributed by atoms with E-state index in [1.807, 2.05) is 30.3 Å². The molecule has 0 aromatic heterocycles. The number of aliphatic hydroxyl groups is 1. The fraction of sp³-hybridized carbons (Fsp3) is 0.533. The number of aliphatic hydroxyl groups excluding tert-OH is 1. The molecule has 1 aromatic rings. The monoisotopic (exact) mass is 314 g/mol. The number of rotatable bonds is 6. The summed E-state index contributed by atoms with van der Waals surface area (Å²) in [6.45, 7) is 1.50. The molecule has 5 nitrogen and oxygen atoms in total. The molecule has 118 valence electrons. The minimum absolute atomic E-state index is 0. The molecule has 1 aliphatic rings. The van der Waals surface area contributed by atoms with Crippen LogP contribution in [0.4, 0.5) is 0 Å². The van der Waals surface area contributed by atoms with Crippen molar-refractivity contribution >= 4 is 18.3 Å². The maximum absolute atomic E-state index is 11.8. The normalized spacial score (nSPS) is 24.4.